The van der Waals surface area contributed by atoms with Crippen LogP contribution in [0.4, 0.5) is 0 Å². The molecule has 0 aliphatic rings. The lowest BCUT2D eigenvalue weighted by molar-refractivity contribution is -0.119. The predicted octanol–water partition coefficient (Wildman–Crippen LogP) is 0.442. The Morgan fingerprint density at radius 1 is 1.40 bits per heavy atom. The second-order valence-corrected chi connectivity index (χ2v) is 4.27. The molecule has 0 fully saturated rings. The molecular weight excluding hydrogens is 223 g/mol. The first-order valence-corrected chi connectivity index (χ1v) is 5.85. The molecule has 0 aromatic heterocycles. The van der Waals surface area contributed by atoms with E-state index < -0.39 is 25.4 Å². The molecule has 0 spiro atoms. The number of hydrogen-bond donors (Lipinski definition) is 1. The number of carbonyl (C=O) groups is 1. The lowest BCUT2D eigenvalue weighted by Crippen LogP contribution is -2.21. The summed E-state index contributed by atoms with van der Waals surface area (Å²) in [7, 11) is -3.91. The van der Waals surface area contributed by atoms with E-state index in [-0.39, 0.29) is 13.2 Å². The number of hydrogen-bond acceptors (Lipinski definition) is 5. The van der Waals surface area contributed by atoms with Crippen molar-refractivity contribution in [2.75, 3.05) is 19.8 Å². The zero-order chi connectivity index (χ0) is 11.9. The fourth-order valence-electron chi connectivity index (χ4n) is 0.833. The fourth-order valence-corrected chi connectivity index (χ4v) is 2.32. The van der Waals surface area contributed by atoms with E-state index in [0.717, 1.165) is 0 Å². The molecule has 0 aromatic carbocycles. The van der Waals surface area contributed by atoms with Gasteiger partial charge in [0.05, 0.1) is 13.2 Å². The first-order valence-electron chi connectivity index (χ1n) is 4.31. The summed E-state index contributed by atoms with van der Waals surface area (Å²) in [4.78, 5) is 13.6. The Balaban J connectivity index is 5.13. The normalized spacial score (nSPS) is 10.9. The van der Waals surface area contributed by atoms with Crippen molar-refractivity contribution in [3.8, 4) is 0 Å². The Labute approximate surface area is 87.2 Å². The number of rotatable bonds is 7. The summed E-state index contributed by atoms with van der Waals surface area (Å²) in [6.07, 6.45) is 0. The molecule has 0 rings (SSSR count). The minimum atomic E-state index is -3.91. The van der Waals surface area contributed by atoms with Crippen LogP contribution in [-0.4, -0.2) is 41.0 Å². The molecule has 86 valence electrons. The smallest absolute Gasteiger partial charge is 0.388 e. The molecule has 0 saturated heterocycles. The standard InChI is InChI=1S/C7H13N2O5P/c1-3-13-15(12,14-4-2)7(9-8)6(11)5-10/h10H,3-5H2,1-2H3. The second-order valence-electron chi connectivity index (χ2n) is 2.34. The lowest BCUT2D eigenvalue weighted by Gasteiger charge is -2.11. The van der Waals surface area contributed by atoms with Gasteiger partial charge in [0.15, 0.2) is 0 Å². The van der Waals surface area contributed by atoms with Crippen molar-refractivity contribution in [2.45, 2.75) is 13.8 Å². The molecule has 0 unspecified atom stereocenters. The number of ketones is 1. The van der Waals surface area contributed by atoms with Gasteiger partial charge in [0.2, 0.25) is 0 Å². The third-order valence-electron chi connectivity index (χ3n) is 1.35. The van der Waals surface area contributed by atoms with Gasteiger partial charge in [-0.15, -0.1) is 0 Å². The van der Waals surface area contributed by atoms with Gasteiger partial charge in [0.1, 0.15) is 6.61 Å². The van der Waals surface area contributed by atoms with Crippen LogP contribution < -0.4 is 0 Å². The molecule has 0 saturated carbocycles. The summed E-state index contributed by atoms with van der Waals surface area (Å²) >= 11 is 0. The SMILES string of the molecule is CCOP(=O)(OCC)C(=[N+]=[N-])C(=O)CO. The van der Waals surface area contributed by atoms with Crippen LogP contribution in [-0.2, 0) is 18.4 Å². The Bertz CT molecular complexity index is 313. The van der Waals surface area contributed by atoms with Crippen LogP contribution in [0.1, 0.15) is 13.8 Å². The number of Topliss-reactive ketones (excluding diaryl/α,β-unsaturated/α-hetero) is 1. The fraction of sp³-hybridized carbons (Fsp3) is 0.714. The number of nitrogens with zero attached hydrogens (tertiary/aromatic N) is 2. The Morgan fingerprint density at radius 2 is 1.87 bits per heavy atom. The van der Waals surface area contributed by atoms with E-state index in [9.17, 15) is 9.36 Å². The Morgan fingerprint density at radius 3 is 2.13 bits per heavy atom. The van der Waals surface area contributed by atoms with Gasteiger partial charge in [-0.1, -0.05) is 0 Å². The maximum Gasteiger partial charge on any atom is 0.446 e. The average Bonchev–Trinajstić information content (AvgIpc) is 2.19. The highest BCUT2D eigenvalue weighted by molar-refractivity contribution is 7.74. The molecule has 0 radical (unpaired) electrons. The molecule has 0 aliphatic carbocycles. The van der Waals surface area contributed by atoms with Gasteiger partial charge in [-0.05, 0) is 13.8 Å². The van der Waals surface area contributed by atoms with E-state index in [1.165, 1.54) is 0 Å². The van der Waals surface area contributed by atoms with Crippen LogP contribution in [0.5, 0.6) is 0 Å². The quantitative estimate of drug-likeness (QED) is 0.298. The molecule has 0 heterocycles. The van der Waals surface area contributed by atoms with Crippen LogP contribution >= 0.6 is 7.60 Å². The van der Waals surface area contributed by atoms with Gasteiger partial charge >= 0.3 is 13.0 Å². The molecule has 7 nitrogen and oxygen atoms in total. The summed E-state index contributed by atoms with van der Waals surface area (Å²) in [6, 6.07) is 0. The molecule has 0 aliphatic heterocycles. The minimum absolute atomic E-state index is 0.0228. The van der Waals surface area contributed by atoms with Crippen molar-refractivity contribution in [3.63, 3.8) is 0 Å². The van der Waals surface area contributed by atoms with Crippen LogP contribution in [0.2, 0.25) is 0 Å². The summed E-state index contributed by atoms with van der Waals surface area (Å²) < 4.78 is 21.4. The van der Waals surface area contributed by atoms with Gasteiger partial charge in [0.25, 0.3) is 5.78 Å². The van der Waals surface area contributed by atoms with Gasteiger partial charge in [-0.25, -0.2) is 4.57 Å². The van der Waals surface area contributed by atoms with Crippen molar-refractivity contribution in [1.82, 2.24) is 0 Å². The number of carbonyl (C=O) groups excluding carboxylic acids is 1. The molecule has 15 heavy (non-hydrogen) atoms. The van der Waals surface area contributed by atoms with Crippen LogP contribution in [0, 0.1) is 0 Å². The zero-order valence-corrected chi connectivity index (χ0v) is 9.44. The second kappa shape index (κ2) is 6.61. The third kappa shape index (κ3) is 3.66. The predicted molar refractivity (Wildman–Crippen MR) is 51.6 cm³/mol. The first-order chi connectivity index (χ1) is 7.05. The monoisotopic (exact) mass is 236 g/mol. The molecule has 0 bridgehead atoms. The van der Waals surface area contributed by atoms with Crippen molar-refractivity contribution in [1.29, 1.82) is 0 Å². The Hall–Kier alpha value is -0.840. The highest BCUT2D eigenvalue weighted by Gasteiger charge is 2.44. The number of aliphatic hydroxyl groups is 1. The summed E-state index contributed by atoms with van der Waals surface area (Å²) in [5.41, 5.74) is 7.76. The maximum absolute atomic E-state index is 11.9. The lowest BCUT2D eigenvalue weighted by atomic mass is 10.5. The molecule has 0 amide bonds. The first kappa shape index (κ1) is 14.2. The Kier molecular flexibility index (Phi) is 6.24. The number of aliphatic hydroxyl groups excluding tert-OH is 1. The van der Waals surface area contributed by atoms with E-state index in [2.05, 4.69) is 4.79 Å². The third-order valence-corrected chi connectivity index (χ3v) is 3.40. The van der Waals surface area contributed by atoms with Gasteiger partial charge in [-0.3, -0.25) is 4.79 Å². The summed E-state index contributed by atoms with van der Waals surface area (Å²) in [5.74, 6) is -0.997. The van der Waals surface area contributed by atoms with E-state index in [1.54, 1.807) is 13.8 Å². The molecule has 0 aromatic rings. The van der Waals surface area contributed by atoms with Gasteiger partial charge in [-0.2, -0.15) is 4.79 Å². The summed E-state index contributed by atoms with van der Waals surface area (Å²) in [5, 5.41) is 8.56. The minimum Gasteiger partial charge on any atom is -0.388 e. The average molecular weight is 236 g/mol. The molecule has 1 N–H and O–H groups in total. The van der Waals surface area contributed by atoms with E-state index in [4.69, 9.17) is 19.7 Å². The van der Waals surface area contributed by atoms with E-state index >= 15 is 0 Å². The summed E-state index contributed by atoms with van der Waals surface area (Å²) in [6.45, 7) is 2.21. The van der Waals surface area contributed by atoms with E-state index in [0.29, 0.717) is 0 Å². The highest BCUT2D eigenvalue weighted by Crippen LogP contribution is 2.48. The van der Waals surface area contributed by atoms with Gasteiger partial charge in [0, 0.05) is 0 Å². The molecule has 8 heteroatoms. The van der Waals surface area contributed by atoms with E-state index in [1.807, 2.05) is 0 Å². The van der Waals surface area contributed by atoms with Crippen LogP contribution in [0.15, 0.2) is 0 Å². The highest BCUT2D eigenvalue weighted by atomic mass is 31.2. The maximum atomic E-state index is 11.9. The molecule has 0 atom stereocenters. The molecular formula is C7H13N2O5P. The van der Waals surface area contributed by atoms with Crippen molar-refractivity contribution in [2.24, 2.45) is 0 Å². The van der Waals surface area contributed by atoms with Crippen molar-refractivity contribution < 1.29 is 28.3 Å². The van der Waals surface area contributed by atoms with Crippen LogP contribution in [0.3, 0.4) is 0 Å². The van der Waals surface area contributed by atoms with Gasteiger partial charge < -0.3 is 19.7 Å². The largest absolute Gasteiger partial charge is 0.446 e. The zero-order valence-electron chi connectivity index (χ0n) is 8.54. The van der Waals surface area contributed by atoms with Crippen LogP contribution in [0.25, 0.3) is 5.53 Å². The van der Waals surface area contributed by atoms with Crippen molar-refractivity contribution in [3.05, 3.63) is 5.53 Å². The topological polar surface area (TPSA) is 109 Å². The van der Waals surface area contributed by atoms with Crippen molar-refractivity contribution >= 4 is 18.8 Å².